The molecule has 7 heteroatoms. The molecule has 1 fully saturated rings. The van der Waals surface area contributed by atoms with E-state index in [-0.39, 0.29) is 17.9 Å². The number of aliphatic carboxylic acids is 1. The largest absolute Gasteiger partial charge is 0.480 e. The molecule has 0 atom stereocenters. The molecule has 5 nitrogen and oxygen atoms in total. The van der Waals surface area contributed by atoms with E-state index in [0.717, 1.165) is 53.7 Å². The molecule has 1 aliphatic heterocycles. The summed E-state index contributed by atoms with van der Waals surface area (Å²) < 4.78 is 0. The number of carboxylic acid groups (broad SMARTS) is 1. The molecule has 2 aliphatic rings. The maximum atomic E-state index is 13.1. The van der Waals surface area contributed by atoms with Gasteiger partial charge in [-0.3, -0.25) is 14.5 Å². The van der Waals surface area contributed by atoms with Crippen molar-refractivity contribution in [3.05, 3.63) is 93.5 Å². The lowest BCUT2D eigenvalue weighted by atomic mass is 9.74. The molecule has 0 bridgehead atoms. The van der Waals surface area contributed by atoms with Crippen molar-refractivity contribution in [3.63, 3.8) is 0 Å². The molecule has 0 aromatic heterocycles. The van der Waals surface area contributed by atoms with Crippen LogP contribution < -0.4 is 0 Å². The summed E-state index contributed by atoms with van der Waals surface area (Å²) in [5.41, 5.74) is 3.42. The van der Waals surface area contributed by atoms with Gasteiger partial charge < -0.3 is 10.0 Å². The molecule has 1 N–H and O–H groups in total. The summed E-state index contributed by atoms with van der Waals surface area (Å²) >= 11 is 12.3. The maximum Gasteiger partial charge on any atom is 0.318 e. The number of rotatable bonds is 8. The van der Waals surface area contributed by atoms with Crippen molar-refractivity contribution < 1.29 is 14.7 Å². The third-order valence-corrected chi connectivity index (χ3v) is 9.03. The van der Waals surface area contributed by atoms with Crippen molar-refractivity contribution in [2.75, 3.05) is 26.2 Å². The van der Waals surface area contributed by atoms with Gasteiger partial charge in [0.1, 0.15) is 5.41 Å². The van der Waals surface area contributed by atoms with Gasteiger partial charge in [-0.15, -0.1) is 0 Å². The van der Waals surface area contributed by atoms with Gasteiger partial charge in [-0.2, -0.15) is 0 Å². The second-order valence-electron chi connectivity index (χ2n) is 11.3. The molecule has 1 saturated heterocycles. The summed E-state index contributed by atoms with van der Waals surface area (Å²) in [6.07, 6.45) is 2.49. The molecule has 1 amide bonds. The summed E-state index contributed by atoms with van der Waals surface area (Å²) in [6, 6.07) is 21.1. The van der Waals surface area contributed by atoms with E-state index in [1.165, 1.54) is 0 Å². The highest BCUT2D eigenvalue weighted by Gasteiger charge is 2.48. The highest BCUT2D eigenvalue weighted by Crippen LogP contribution is 2.51. The minimum Gasteiger partial charge on any atom is -0.480 e. The Labute approximate surface area is 240 Å². The minimum atomic E-state index is -1.02. The van der Waals surface area contributed by atoms with E-state index < -0.39 is 11.4 Å². The zero-order chi connectivity index (χ0) is 27.8. The maximum absolute atomic E-state index is 13.1. The molecule has 3 aromatic rings. The Morgan fingerprint density at radius 2 is 1.54 bits per heavy atom. The average Bonchev–Trinajstić information content (AvgIpc) is 3.19. The van der Waals surface area contributed by atoms with Gasteiger partial charge in [0.15, 0.2) is 0 Å². The molecular weight excluding hydrogens is 531 g/mol. The van der Waals surface area contributed by atoms with Gasteiger partial charge in [0.25, 0.3) is 0 Å². The first-order valence-electron chi connectivity index (χ1n) is 13.5. The van der Waals surface area contributed by atoms with Crippen molar-refractivity contribution >= 4 is 35.1 Å². The zero-order valence-electron chi connectivity index (χ0n) is 22.4. The number of piperazine rings is 1. The van der Waals surface area contributed by atoms with Crippen LogP contribution in [0.4, 0.5) is 0 Å². The number of carbonyl (C=O) groups excluding carboxylic acids is 1. The zero-order valence-corrected chi connectivity index (χ0v) is 23.9. The predicted octanol–water partition coefficient (Wildman–Crippen LogP) is 6.68. The summed E-state index contributed by atoms with van der Waals surface area (Å²) in [5.74, 6) is -0.720. The highest BCUT2D eigenvalue weighted by molar-refractivity contribution is 6.35. The normalized spacial score (nSPS) is 17.5. The van der Waals surface area contributed by atoms with Crippen LogP contribution in [0.1, 0.15) is 49.8 Å². The number of benzene rings is 3. The number of hydrogen-bond acceptors (Lipinski definition) is 3. The Morgan fingerprint density at radius 3 is 2.13 bits per heavy atom. The summed E-state index contributed by atoms with van der Waals surface area (Å²) in [7, 11) is 0. The SMILES string of the molecule is CC1(C)CN(C(=O)Cc2ccc(Cl)cc2Cl)CCN1CCCCC1(C(=O)O)c2ccccc2-c2ccccc21. The topological polar surface area (TPSA) is 60.9 Å². The van der Waals surface area contributed by atoms with E-state index in [2.05, 4.69) is 18.7 Å². The molecule has 0 spiro atoms. The van der Waals surface area contributed by atoms with Crippen LogP contribution in [0.25, 0.3) is 11.1 Å². The molecule has 1 aliphatic carbocycles. The van der Waals surface area contributed by atoms with Crippen LogP contribution in [0.5, 0.6) is 0 Å². The van der Waals surface area contributed by atoms with Crippen LogP contribution in [0, 0.1) is 0 Å². The number of carbonyl (C=O) groups is 2. The molecule has 1 heterocycles. The molecular formula is C32H34Cl2N2O3. The monoisotopic (exact) mass is 564 g/mol. The first-order valence-corrected chi connectivity index (χ1v) is 14.3. The second-order valence-corrected chi connectivity index (χ2v) is 12.1. The Morgan fingerprint density at radius 1 is 0.897 bits per heavy atom. The van der Waals surface area contributed by atoms with Crippen molar-refractivity contribution in [2.45, 2.75) is 50.5 Å². The van der Waals surface area contributed by atoms with Crippen molar-refractivity contribution in [2.24, 2.45) is 0 Å². The van der Waals surface area contributed by atoms with Crippen molar-refractivity contribution in [1.82, 2.24) is 9.80 Å². The minimum absolute atomic E-state index is 0.0638. The third kappa shape index (κ3) is 5.20. The Kier molecular flexibility index (Phi) is 7.78. The van der Waals surface area contributed by atoms with Gasteiger partial charge in [0.2, 0.25) is 5.91 Å². The molecule has 3 aromatic carbocycles. The van der Waals surface area contributed by atoms with E-state index >= 15 is 0 Å². The quantitative estimate of drug-likeness (QED) is 0.310. The fourth-order valence-electron chi connectivity index (χ4n) is 6.38. The fourth-order valence-corrected chi connectivity index (χ4v) is 6.86. The van der Waals surface area contributed by atoms with Crippen LogP contribution in [0.3, 0.4) is 0 Å². The van der Waals surface area contributed by atoms with Crippen molar-refractivity contribution in [1.29, 1.82) is 0 Å². The first-order chi connectivity index (χ1) is 18.6. The van der Waals surface area contributed by atoms with E-state index in [9.17, 15) is 14.7 Å². The highest BCUT2D eigenvalue weighted by atomic mass is 35.5. The second kappa shape index (κ2) is 11.0. The lowest BCUT2D eigenvalue weighted by Gasteiger charge is -2.47. The number of carboxylic acids is 1. The van der Waals surface area contributed by atoms with Crippen LogP contribution >= 0.6 is 23.2 Å². The van der Waals surface area contributed by atoms with Crippen LogP contribution in [0.15, 0.2) is 66.7 Å². The fraction of sp³-hybridized carbons (Fsp3) is 0.375. The van der Waals surface area contributed by atoms with Gasteiger partial charge in [0.05, 0.1) is 6.42 Å². The third-order valence-electron chi connectivity index (χ3n) is 8.44. The Hall–Kier alpha value is -2.86. The summed E-state index contributed by atoms with van der Waals surface area (Å²) in [6.45, 7) is 7.28. The van der Waals surface area contributed by atoms with E-state index in [0.29, 0.717) is 29.6 Å². The average molecular weight is 566 g/mol. The van der Waals surface area contributed by atoms with Crippen molar-refractivity contribution in [3.8, 4) is 11.1 Å². The smallest absolute Gasteiger partial charge is 0.318 e. The Bertz CT molecular complexity index is 1360. The van der Waals surface area contributed by atoms with Gasteiger partial charge in [-0.05, 0) is 73.2 Å². The van der Waals surface area contributed by atoms with E-state index in [4.69, 9.17) is 23.2 Å². The number of hydrogen-bond donors (Lipinski definition) is 1. The number of amides is 1. The lowest BCUT2D eigenvalue weighted by molar-refractivity contribution is -0.142. The number of halogens is 2. The number of fused-ring (bicyclic) bond motifs is 3. The molecule has 0 saturated carbocycles. The predicted molar refractivity (Wildman–Crippen MR) is 157 cm³/mol. The van der Waals surface area contributed by atoms with Crippen LogP contribution in [0.2, 0.25) is 10.0 Å². The molecule has 204 valence electrons. The standard InChI is InChI=1S/C32H34Cl2N2O3/c1-31(2)21-35(29(37)19-22-13-14-23(33)20-28(22)34)17-18-36(31)16-8-7-15-32(30(38)39)26-11-5-3-9-24(26)25-10-4-6-12-27(25)32/h3-6,9-14,20H,7-8,15-19,21H2,1-2H3,(H,38,39). The molecule has 39 heavy (non-hydrogen) atoms. The lowest BCUT2D eigenvalue weighted by Crippen LogP contribution is -2.60. The number of nitrogens with zero attached hydrogens (tertiary/aromatic N) is 2. The number of unbranched alkanes of at least 4 members (excludes halogenated alkanes) is 1. The first kappa shape index (κ1) is 27.7. The van der Waals surface area contributed by atoms with E-state index in [1.807, 2.05) is 59.5 Å². The van der Waals surface area contributed by atoms with E-state index in [1.54, 1.807) is 12.1 Å². The summed E-state index contributed by atoms with van der Waals surface area (Å²) in [5, 5.41) is 11.6. The van der Waals surface area contributed by atoms with Gasteiger partial charge in [-0.1, -0.05) is 84.2 Å². The van der Waals surface area contributed by atoms with Crippen LogP contribution in [-0.4, -0.2) is 58.5 Å². The molecule has 5 rings (SSSR count). The molecule has 0 unspecified atom stereocenters. The van der Waals surface area contributed by atoms with Gasteiger partial charge in [0, 0.05) is 35.2 Å². The van der Waals surface area contributed by atoms with Crippen LogP contribution in [-0.2, 0) is 21.4 Å². The summed E-state index contributed by atoms with van der Waals surface area (Å²) in [4.78, 5) is 30.3. The molecule has 0 radical (unpaired) electrons. The van der Waals surface area contributed by atoms with Gasteiger partial charge >= 0.3 is 5.97 Å². The van der Waals surface area contributed by atoms with Gasteiger partial charge in [-0.25, -0.2) is 0 Å². The Balaban J connectivity index is 1.21.